The number of carbonyl (C=O) groups excluding carboxylic acids is 2. The highest BCUT2D eigenvalue weighted by molar-refractivity contribution is 7.98. The molecule has 2 aromatic rings. The maximum Gasteiger partial charge on any atom is 0.282 e. The number of rotatable bonds is 7. The number of carbonyl (C=O) groups is 2. The van der Waals surface area contributed by atoms with Gasteiger partial charge in [0.25, 0.3) is 17.5 Å². The lowest BCUT2D eigenvalue weighted by Crippen LogP contribution is -2.20. The average molecular weight is 361 g/mol. The maximum absolute atomic E-state index is 12.4. The number of primary amides is 1. The van der Waals surface area contributed by atoms with Gasteiger partial charge >= 0.3 is 0 Å². The third kappa shape index (κ3) is 4.95. The molecule has 0 aromatic heterocycles. The smallest absolute Gasteiger partial charge is 0.282 e. The second-order valence-electron chi connectivity index (χ2n) is 4.87. The van der Waals surface area contributed by atoms with Crippen LogP contribution >= 0.6 is 11.8 Å². The van der Waals surface area contributed by atoms with E-state index >= 15 is 0 Å². The summed E-state index contributed by atoms with van der Waals surface area (Å²) in [6, 6.07) is 10.6. The topological polar surface area (TPSA) is 125 Å². The van der Waals surface area contributed by atoms with E-state index in [2.05, 4.69) is 5.32 Å². The maximum atomic E-state index is 12.4. The normalized spacial score (nSPS) is 10.1. The Bertz CT molecular complexity index is 808. The van der Waals surface area contributed by atoms with Gasteiger partial charge < -0.3 is 15.8 Å². The summed E-state index contributed by atoms with van der Waals surface area (Å²) < 4.78 is 5.11. The first-order valence-electron chi connectivity index (χ1n) is 7.05. The fourth-order valence-corrected chi connectivity index (χ4v) is 2.41. The molecule has 0 radical (unpaired) electrons. The molecule has 0 aliphatic rings. The number of nitrogens with zero attached hydrogens (tertiary/aromatic N) is 1. The van der Waals surface area contributed by atoms with Crippen LogP contribution in [0.15, 0.2) is 47.4 Å². The largest absolute Gasteiger partial charge is 0.484 e. The van der Waals surface area contributed by atoms with E-state index in [1.165, 1.54) is 23.9 Å². The lowest BCUT2D eigenvalue weighted by Gasteiger charge is -2.08. The van der Waals surface area contributed by atoms with E-state index in [0.29, 0.717) is 11.4 Å². The number of hydrogen-bond donors (Lipinski definition) is 2. The molecule has 0 spiro atoms. The minimum absolute atomic E-state index is 0.0223. The molecule has 25 heavy (non-hydrogen) atoms. The van der Waals surface area contributed by atoms with Gasteiger partial charge in [-0.25, -0.2) is 0 Å². The van der Waals surface area contributed by atoms with Gasteiger partial charge in [-0.1, -0.05) is 0 Å². The van der Waals surface area contributed by atoms with Crippen molar-refractivity contribution in [3.63, 3.8) is 0 Å². The second kappa shape index (κ2) is 8.15. The van der Waals surface area contributed by atoms with Crippen molar-refractivity contribution >= 4 is 35.0 Å². The molecular formula is C16H15N3O5S. The number of ether oxygens (including phenoxy) is 1. The zero-order valence-corrected chi connectivity index (χ0v) is 14.0. The van der Waals surface area contributed by atoms with Crippen molar-refractivity contribution in [2.45, 2.75) is 4.90 Å². The molecule has 2 aromatic carbocycles. The first kappa shape index (κ1) is 18.3. The van der Waals surface area contributed by atoms with Crippen LogP contribution in [-0.4, -0.2) is 29.6 Å². The number of nitro groups is 1. The summed E-state index contributed by atoms with van der Waals surface area (Å²) >= 11 is 1.38. The third-order valence-corrected chi connectivity index (χ3v) is 3.86. The molecule has 9 heteroatoms. The number of amides is 2. The van der Waals surface area contributed by atoms with Gasteiger partial charge in [-0.2, -0.15) is 0 Å². The Labute approximate surface area is 147 Å². The SMILES string of the molecule is CSc1ccc([N+](=O)[O-])c(C(=O)Nc2ccc(OCC(N)=O)cc2)c1. The summed E-state index contributed by atoms with van der Waals surface area (Å²) in [5.41, 5.74) is 5.13. The standard InChI is InChI=1S/C16H15N3O5S/c1-25-12-6-7-14(19(22)23)13(8-12)16(21)18-10-2-4-11(5-3-10)24-9-15(17)20/h2-8H,9H2,1H3,(H2,17,20)(H,18,21). The van der Waals surface area contributed by atoms with Gasteiger partial charge in [0.1, 0.15) is 11.3 Å². The van der Waals surface area contributed by atoms with Crippen LogP contribution < -0.4 is 15.8 Å². The molecule has 0 bridgehead atoms. The van der Waals surface area contributed by atoms with E-state index in [-0.39, 0.29) is 17.9 Å². The Hall–Kier alpha value is -3.07. The van der Waals surface area contributed by atoms with Gasteiger partial charge in [-0.15, -0.1) is 11.8 Å². The Morgan fingerprint density at radius 2 is 1.92 bits per heavy atom. The van der Waals surface area contributed by atoms with Crippen LogP contribution in [0.5, 0.6) is 5.75 Å². The summed E-state index contributed by atoms with van der Waals surface area (Å²) in [5.74, 6) is -0.779. The van der Waals surface area contributed by atoms with E-state index in [0.717, 1.165) is 4.90 Å². The molecule has 3 N–H and O–H groups in total. The summed E-state index contributed by atoms with van der Waals surface area (Å²) in [6.07, 6.45) is 1.81. The van der Waals surface area contributed by atoms with E-state index in [1.54, 1.807) is 30.3 Å². The number of nitrogens with one attached hydrogen (secondary N) is 1. The van der Waals surface area contributed by atoms with Gasteiger partial charge in [0.05, 0.1) is 4.92 Å². The number of benzene rings is 2. The van der Waals surface area contributed by atoms with Gasteiger partial charge in [0.15, 0.2) is 6.61 Å². The Morgan fingerprint density at radius 1 is 1.24 bits per heavy atom. The number of nitrogens with two attached hydrogens (primary N) is 1. The monoisotopic (exact) mass is 361 g/mol. The molecule has 2 rings (SSSR count). The zero-order chi connectivity index (χ0) is 18.4. The predicted molar refractivity (Wildman–Crippen MR) is 94.0 cm³/mol. The number of anilines is 1. The molecule has 0 saturated carbocycles. The molecule has 0 aliphatic heterocycles. The Balaban J connectivity index is 2.16. The molecule has 0 aliphatic carbocycles. The summed E-state index contributed by atoms with van der Waals surface area (Å²) in [4.78, 5) is 34.3. The van der Waals surface area contributed by atoms with Crippen LogP contribution in [-0.2, 0) is 4.79 Å². The number of thioether (sulfide) groups is 1. The first-order chi connectivity index (χ1) is 11.9. The van der Waals surface area contributed by atoms with Crippen molar-refractivity contribution in [3.05, 3.63) is 58.1 Å². The van der Waals surface area contributed by atoms with Crippen molar-refractivity contribution in [1.82, 2.24) is 0 Å². The fourth-order valence-electron chi connectivity index (χ4n) is 1.97. The Kier molecular flexibility index (Phi) is 5.96. The molecule has 2 amide bonds. The van der Waals surface area contributed by atoms with Crippen molar-refractivity contribution in [3.8, 4) is 5.75 Å². The van der Waals surface area contributed by atoms with Crippen molar-refractivity contribution in [2.75, 3.05) is 18.2 Å². The molecular weight excluding hydrogens is 346 g/mol. The van der Waals surface area contributed by atoms with Crippen LogP contribution in [0.4, 0.5) is 11.4 Å². The number of nitro benzene ring substituents is 1. The van der Waals surface area contributed by atoms with Crippen LogP contribution in [0.2, 0.25) is 0 Å². The second-order valence-corrected chi connectivity index (χ2v) is 5.75. The Morgan fingerprint density at radius 3 is 2.48 bits per heavy atom. The predicted octanol–water partition coefficient (Wildman–Crippen LogP) is 2.43. The lowest BCUT2D eigenvalue weighted by atomic mass is 10.1. The third-order valence-electron chi connectivity index (χ3n) is 3.14. The highest BCUT2D eigenvalue weighted by Gasteiger charge is 2.20. The van der Waals surface area contributed by atoms with Crippen LogP contribution in [0.3, 0.4) is 0 Å². The fraction of sp³-hybridized carbons (Fsp3) is 0.125. The molecule has 130 valence electrons. The average Bonchev–Trinajstić information content (AvgIpc) is 2.60. The molecule has 0 atom stereocenters. The summed E-state index contributed by atoms with van der Waals surface area (Å²) in [6.45, 7) is -0.251. The van der Waals surface area contributed by atoms with E-state index in [1.807, 2.05) is 6.26 Å². The van der Waals surface area contributed by atoms with Gasteiger partial charge in [0.2, 0.25) is 0 Å². The molecule has 0 heterocycles. The molecule has 0 saturated heterocycles. The quantitative estimate of drug-likeness (QED) is 0.443. The molecule has 8 nitrogen and oxygen atoms in total. The van der Waals surface area contributed by atoms with Crippen molar-refractivity contribution in [2.24, 2.45) is 5.73 Å². The van der Waals surface area contributed by atoms with Gasteiger partial charge in [0, 0.05) is 16.6 Å². The van der Waals surface area contributed by atoms with E-state index < -0.39 is 16.7 Å². The van der Waals surface area contributed by atoms with Crippen LogP contribution in [0.25, 0.3) is 0 Å². The van der Waals surface area contributed by atoms with Crippen LogP contribution in [0.1, 0.15) is 10.4 Å². The molecule has 0 unspecified atom stereocenters. The van der Waals surface area contributed by atoms with E-state index in [4.69, 9.17) is 10.5 Å². The minimum Gasteiger partial charge on any atom is -0.484 e. The highest BCUT2D eigenvalue weighted by Crippen LogP contribution is 2.26. The zero-order valence-electron chi connectivity index (χ0n) is 13.2. The number of hydrogen-bond acceptors (Lipinski definition) is 6. The van der Waals surface area contributed by atoms with E-state index in [9.17, 15) is 19.7 Å². The van der Waals surface area contributed by atoms with Gasteiger partial charge in [-0.05, 0) is 42.7 Å². The van der Waals surface area contributed by atoms with Gasteiger partial charge in [-0.3, -0.25) is 19.7 Å². The van der Waals surface area contributed by atoms with Crippen molar-refractivity contribution in [1.29, 1.82) is 0 Å². The van der Waals surface area contributed by atoms with Crippen LogP contribution in [0, 0.1) is 10.1 Å². The first-order valence-corrected chi connectivity index (χ1v) is 8.28. The molecule has 0 fully saturated rings. The van der Waals surface area contributed by atoms with Crippen molar-refractivity contribution < 1.29 is 19.2 Å². The summed E-state index contributed by atoms with van der Waals surface area (Å²) in [5, 5.41) is 13.7. The lowest BCUT2D eigenvalue weighted by molar-refractivity contribution is -0.385. The summed E-state index contributed by atoms with van der Waals surface area (Å²) in [7, 11) is 0. The minimum atomic E-state index is -0.599. The highest BCUT2D eigenvalue weighted by atomic mass is 32.2.